The fourth-order valence-corrected chi connectivity index (χ4v) is 1.47. The van der Waals surface area contributed by atoms with Crippen molar-refractivity contribution >= 4 is 11.5 Å². The maximum atomic E-state index is 10.6. The van der Waals surface area contributed by atoms with Crippen LogP contribution in [0.1, 0.15) is 5.56 Å². The van der Waals surface area contributed by atoms with Crippen molar-refractivity contribution in [2.45, 2.75) is 6.54 Å². The molecular weight excluding hydrogens is 248 g/mol. The Bertz CT molecular complexity index is 598. The molecule has 0 aliphatic carbocycles. The van der Waals surface area contributed by atoms with Crippen molar-refractivity contribution in [3.05, 3.63) is 52.1 Å². The first-order chi connectivity index (χ1) is 9.10. The number of hydrogen-bond donors (Lipinski definition) is 2. The summed E-state index contributed by atoms with van der Waals surface area (Å²) in [5, 5.41) is 10.6. The fraction of sp³-hybridized carbons (Fsp3) is 0.0833. The van der Waals surface area contributed by atoms with E-state index in [0.717, 1.165) is 5.56 Å². The van der Waals surface area contributed by atoms with Gasteiger partial charge < -0.3 is 16.2 Å². The molecule has 2 rings (SSSR count). The molecule has 98 valence electrons. The average Bonchev–Trinajstić information content (AvgIpc) is 2.39. The molecule has 0 saturated carbocycles. The summed E-state index contributed by atoms with van der Waals surface area (Å²) in [6.07, 6.45) is 0. The second-order valence-corrected chi connectivity index (χ2v) is 3.76. The maximum absolute atomic E-state index is 10.6. The van der Waals surface area contributed by atoms with E-state index < -0.39 is 4.92 Å². The van der Waals surface area contributed by atoms with Gasteiger partial charge >= 0.3 is 5.69 Å². The van der Waals surface area contributed by atoms with Crippen LogP contribution in [0.5, 0.6) is 11.6 Å². The van der Waals surface area contributed by atoms with E-state index in [-0.39, 0.29) is 17.4 Å². The summed E-state index contributed by atoms with van der Waals surface area (Å²) in [6, 6.07) is 9.77. The predicted octanol–water partition coefficient (Wildman–Crippen LogP) is 1.82. The van der Waals surface area contributed by atoms with Crippen LogP contribution >= 0.6 is 0 Å². The van der Waals surface area contributed by atoms with Gasteiger partial charge in [-0.1, -0.05) is 12.1 Å². The molecular formula is C12H12N4O3. The molecule has 19 heavy (non-hydrogen) atoms. The smallest absolute Gasteiger partial charge is 0.311 e. The maximum Gasteiger partial charge on any atom is 0.311 e. The van der Waals surface area contributed by atoms with E-state index in [1.54, 1.807) is 12.1 Å². The number of aromatic nitrogens is 1. The monoisotopic (exact) mass is 260 g/mol. The Morgan fingerprint density at radius 1 is 1.21 bits per heavy atom. The van der Waals surface area contributed by atoms with E-state index in [0.29, 0.717) is 12.3 Å². The van der Waals surface area contributed by atoms with Gasteiger partial charge in [-0.15, -0.1) is 0 Å². The third kappa shape index (κ3) is 2.96. The molecule has 0 amide bonds. The minimum absolute atomic E-state index is 0.180. The Morgan fingerprint density at radius 3 is 2.42 bits per heavy atom. The second kappa shape index (κ2) is 5.32. The van der Waals surface area contributed by atoms with Crippen LogP contribution in [-0.2, 0) is 6.54 Å². The molecule has 0 atom stereocenters. The predicted molar refractivity (Wildman–Crippen MR) is 69.7 cm³/mol. The van der Waals surface area contributed by atoms with E-state index in [4.69, 9.17) is 16.2 Å². The molecule has 0 spiro atoms. The van der Waals surface area contributed by atoms with Crippen molar-refractivity contribution in [3.8, 4) is 11.6 Å². The van der Waals surface area contributed by atoms with Crippen molar-refractivity contribution in [1.82, 2.24) is 4.98 Å². The summed E-state index contributed by atoms with van der Waals surface area (Å²) in [6.45, 7) is 0.447. The lowest BCUT2D eigenvalue weighted by molar-refractivity contribution is -0.384. The number of pyridine rings is 1. The van der Waals surface area contributed by atoms with Crippen LogP contribution in [0.25, 0.3) is 0 Å². The summed E-state index contributed by atoms with van der Waals surface area (Å²) in [4.78, 5) is 13.8. The van der Waals surface area contributed by atoms with Crippen LogP contribution in [0.15, 0.2) is 36.4 Å². The normalized spacial score (nSPS) is 10.2. The van der Waals surface area contributed by atoms with Crippen LogP contribution in [-0.4, -0.2) is 9.91 Å². The van der Waals surface area contributed by atoms with Gasteiger partial charge in [0.25, 0.3) is 0 Å². The van der Waals surface area contributed by atoms with Crippen molar-refractivity contribution < 1.29 is 9.66 Å². The van der Waals surface area contributed by atoms with Crippen molar-refractivity contribution in [1.29, 1.82) is 0 Å². The Hall–Kier alpha value is -2.67. The van der Waals surface area contributed by atoms with Gasteiger partial charge in [-0.2, -0.15) is 4.98 Å². The minimum Gasteiger partial charge on any atom is -0.439 e. The zero-order chi connectivity index (χ0) is 13.8. The highest BCUT2D eigenvalue weighted by molar-refractivity contribution is 5.53. The summed E-state index contributed by atoms with van der Waals surface area (Å²) in [7, 11) is 0. The molecule has 1 heterocycles. The highest BCUT2D eigenvalue weighted by atomic mass is 16.6. The quantitative estimate of drug-likeness (QED) is 0.639. The van der Waals surface area contributed by atoms with Crippen molar-refractivity contribution in [3.63, 3.8) is 0 Å². The van der Waals surface area contributed by atoms with Gasteiger partial charge in [-0.05, 0) is 17.7 Å². The molecule has 0 bridgehead atoms. The molecule has 7 nitrogen and oxygen atoms in total. The largest absolute Gasteiger partial charge is 0.439 e. The lowest BCUT2D eigenvalue weighted by Crippen LogP contribution is -2.00. The number of hydrogen-bond acceptors (Lipinski definition) is 6. The van der Waals surface area contributed by atoms with Gasteiger partial charge in [0, 0.05) is 18.7 Å². The molecule has 1 aromatic carbocycles. The van der Waals surface area contributed by atoms with Gasteiger partial charge in [-0.25, -0.2) is 0 Å². The fourth-order valence-electron chi connectivity index (χ4n) is 1.47. The van der Waals surface area contributed by atoms with Gasteiger partial charge in [0.15, 0.2) is 0 Å². The zero-order valence-corrected chi connectivity index (χ0v) is 9.95. The highest BCUT2D eigenvalue weighted by Gasteiger charge is 2.13. The second-order valence-electron chi connectivity index (χ2n) is 3.76. The minimum atomic E-state index is -0.595. The lowest BCUT2D eigenvalue weighted by Gasteiger charge is -2.06. The number of ether oxygens (including phenoxy) is 1. The number of nitrogen functional groups attached to an aromatic ring is 1. The van der Waals surface area contributed by atoms with E-state index in [1.807, 2.05) is 12.1 Å². The third-order valence-electron chi connectivity index (χ3n) is 2.46. The third-order valence-corrected chi connectivity index (χ3v) is 2.46. The number of benzene rings is 1. The summed E-state index contributed by atoms with van der Waals surface area (Å²) in [5.41, 5.74) is 11.7. The first-order valence-electron chi connectivity index (χ1n) is 5.48. The molecule has 0 aliphatic rings. The lowest BCUT2D eigenvalue weighted by atomic mass is 10.2. The first kappa shape index (κ1) is 12.8. The average molecular weight is 260 g/mol. The Kier molecular flexibility index (Phi) is 3.58. The van der Waals surface area contributed by atoms with Gasteiger partial charge in [-0.3, -0.25) is 10.1 Å². The number of nitro groups is 1. The highest BCUT2D eigenvalue weighted by Crippen LogP contribution is 2.25. The van der Waals surface area contributed by atoms with Crippen LogP contribution in [0, 0.1) is 10.1 Å². The van der Waals surface area contributed by atoms with Gasteiger partial charge in [0.2, 0.25) is 11.7 Å². The van der Waals surface area contributed by atoms with E-state index in [2.05, 4.69) is 4.98 Å². The summed E-state index contributed by atoms with van der Waals surface area (Å²) in [5.74, 6) is 0.572. The van der Waals surface area contributed by atoms with Crippen LogP contribution in [0.3, 0.4) is 0 Å². The number of rotatable bonds is 4. The summed E-state index contributed by atoms with van der Waals surface area (Å²) >= 11 is 0. The summed E-state index contributed by atoms with van der Waals surface area (Å²) < 4.78 is 5.44. The Morgan fingerprint density at radius 2 is 1.89 bits per heavy atom. The molecule has 4 N–H and O–H groups in total. The molecule has 0 fully saturated rings. The topological polar surface area (TPSA) is 117 Å². The van der Waals surface area contributed by atoms with Crippen molar-refractivity contribution in [2.24, 2.45) is 5.73 Å². The first-order valence-corrected chi connectivity index (χ1v) is 5.48. The molecule has 0 unspecified atom stereocenters. The Labute approximate surface area is 109 Å². The van der Waals surface area contributed by atoms with E-state index in [1.165, 1.54) is 12.1 Å². The number of nitrogens with zero attached hydrogens (tertiary/aromatic N) is 2. The zero-order valence-electron chi connectivity index (χ0n) is 9.95. The van der Waals surface area contributed by atoms with Crippen LogP contribution in [0.4, 0.5) is 11.5 Å². The molecule has 0 saturated heterocycles. The molecule has 0 radical (unpaired) electrons. The number of anilines is 1. The molecule has 2 aromatic rings. The van der Waals surface area contributed by atoms with Crippen molar-refractivity contribution in [2.75, 3.05) is 5.73 Å². The van der Waals surface area contributed by atoms with E-state index >= 15 is 0 Å². The SMILES string of the molecule is NCc1ccc(Oc2ccc([N+](=O)[O-])c(N)n2)cc1. The molecule has 7 heteroatoms. The van der Waals surface area contributed by atoms with Crippen LogP contribution < -0.4 is 16.2 Å². The van der Waals surface area contributed by atoms with Gasteiger partial charge in [0.1, 0.15) is 5.75 Å². The number of nitrogens with two attached hydrogens (primary N) is 2. The van der Waals surface area contributed by atoms with E-state index in [9.17, 15) is 10.1 Å². The standard InChI is InChI=1S/C12H12N4O3/c13-7-8-1-3-9(4-2-8)19-11-6-5-10(16(17)18)12(14)15-11/h1-6H,7,13H2,(H2,14,15). The van der Waals surface area contributed by atoms with Gasteiger partial charge in [0.05, 0.1) is 4.92 Å². The molecule has 0 aliphatic heterocycles. The van der Waals surface area contributed by atoms with Crippen LogP contribution in [0.2, 0.25) is 0 Å². The molecule has 1 aromatic heterocycles. The Balaban J connectivity index is 2.18.